The molecule has 0 aliphatic heterocycles. The molecule has 6 nitrogen and oxygen atoms in total. The summed E-state index contributed by atoms with van der Waals surface area (Å²) in [5.74, 6) is -0.477. The van der Waals surface area contributed by atoms with Gasteiger partial charge in [-0.05, 0) is 36.4 Å². The zero-order chi connectivity index (χ0) is 16.4. The lowest BCUT2D eigenvalue weighted by molar-refractivity contribution is -0.116. The molecule has 0 bridgehead atoms. The second-order valence-corrected chi connectivity index (χ2v) is 5.36. The fraction of sp³-hybridized carbons (Fsp3) is 0.0625. The predicted molar refractivity (Wildman–Crippen MR) is 88.9 cm³/mol. The van der Waals surface area contributed by atoms with Crippen LogP contribution in [0.4, 0.5) is 5.69 Å². The number of H-pyrrole nitrogens is 1. The van der Waals surface area contributed by atoms with Crippen molar-refractivity contribution in [1.82, 2.24) is 9.55 Å². The zero-order valence-electron chi connectivity index (χ0n) is 11.9. The largest absolute Gasteiger partial charge is 0.329 e. The highest BCUT2D eigenvalue weighted by Gasteiger charge is 2.11. The molecule has 0 fully saturated rings. The number of nitrogens with zero attached hydrogens (tertiary/aromatic N) is 1. The van der Waals surface area contributed by atoms with Gasteiger partial charge < -0.3 is 10.3 Å². The number of hydrogen-bond donors (Lipinski definition) is 2. The SMILES string of the molecule is O=C(Cn1c(=O)[nH]c2ccccc2c1=O)Nc1ccc(Cl)cc1. The summed E-state index contributed by atoms with van der Waals surface area (Å²) < 4.78 is 0.869. The fourth-order valence-corrected chi connectivity index (χ4v) is 2.35. The van der Waals surface area contributed by atoms with Crippen molar-refractivity contribution in [2.24, 2.45) is 0 Å². The molecular formula is C16H12ClN3O3. The molecule has 0 radical (unpaired) electrons. The van der Waals surface area contributed by atoms with Crippen LogP contribution in [0, 0.1) is 0 Å². The first-order valence-electron chi connectivity index (χ1n) is 6.82. The molecule has 0 aliphatic carbocycles. The minimum Gasteiger partial charge on any atom is -0.325 e. The Morgan fingerprint density at radius 3 is 2.52 bits per heavy atom. The van der Waals surface area contributed by atoms with Gasteiger partial charge in [-0.3, -0.25) is 14.2 Å². The number of fused-ring (bicyclic) bond motifs is 1. The van der Waals surface area contributed by atoms with Crippen molar-refractivity contribution >= 4 is 34.1 Å². The number of carbonyl (C=O) groups is 1. The number of hydrogen-bond acceptors (Lipinski definition) is 3. The van der Waals surface area contributed by atoms with Crippen LogP contribution in [0.1, 0.15) is 0 Å². The molecular weight excluding hydrogens is 318 g/mol. The normalized spacial score (nSPS) is 10.7. The van der Waals surface area contributed by atoms with Gasteiger partial charge in [0.25, 0.3) is 5.56 Å². The van der Waals surface area contributed by atoms with Crippen LogP contribution in [-0.2, 0) is 11.3 Å². The van der Waals surface area contributed by atoms with E-state index in [2.05, 4.69) is 10.3 Å². The molecule has 0 saturated heterocycles. The van der Waals surface area contributed by atoms with Crippen molar-refractivity contribution in [3.8, 4) is 0 Å². The minimum atomic E-state index is -0.625. The van der Waals surface area contributed by atoms with Crippen molar-refractivity contribution in [3.63, 3.8) is 0 Å². The van der Waals surface area contributed by atoms with Crippen molar-refractivity contribution in [3.05, 3.63) is 74.4 Å². The molecule has 0 spiro atoms. The van der Waals surface area contributed by atoms with Crippen LogP contribution in [0.25, 0.3) is 10.9 Å². The summed E-state index contributed by atoms with van der Waals surface area (Å²) in [6, 6.07) is 13.2. The van der Waals surface area contributed by atoms with Crippen LogP contribution in [0.2, 0.25) is 5.02 Å². The van der Waals surface area contributed by atoms with E-state index in [1.807, 2.05) is 0 Å². The van der Waals surface area contributed by atoms with Gasteiger partial charge in [-0.15, -0.1) is 0 Å². The van der Waals surface area contributed by atoms with Crippen LogP contribution in [-0.4, -0.2) is 15.5 Å². The van der Waals surface area contributed by atoms with E-state index in [-0.39, 0.29) is 6.54 Å². The fourth-order valence-electron chi connectivity index (χ4n) is 2.22. The van der Waals surface area contributed by atoms with Crippen LogP contribution in [0.3, 0.4) is 0 Å². The second-order valence-electron chi connectivity index (χ2n) is 4.92. The molecule has 0 saturated carbocycles. The van der Waals surface area contributed by atoms with Crippen molar-refractivity contribution in [2.45, 2.75) is 6.54 Å². The quantitative estimate of drug-likeness (QED) is 0.770. The molecule has 1 heterocycles. The molecule has 3 rings (SSSR count). The van der Waals surface area contributed by atoms with Gasteiger partial charge in [0.1, 0.15) is 6.54 Å². The monoisotopic (exact) mass is 329 g/mol. The summed E-state index contributed by atoms with van der Waals surface area (Å²) in [5.41, 5.74) is -0.155. The second kappa shape index (κ2) is 6.10. The lowest BCUT2D eigenvalue weighted by Crippen LogP contribution is -2.38. The maximum Gasteiger partial charge on any atom is 0.329 e. The van der Waals surface area contributed by atoms with Gasteiger partial charge in [0.05, 0.1) is 10.9 Å². The predicted octanol–water partition coefficient (Wildman–Crippen LogP) is 1.98. The van der Waals surface area contributed by atoms with Crippen molar-refractivity contribution in [2.75, 3.05) is 5.32 Å². The highest BCUT2D eigenvalue weighted by molar-refractivity contribution is 6.30. The summed E-state index contributed by atoms with van der Waals surface area (Å²) in [4.78, 5) is 39.0. The van der Waals surface area contributed by atoms with Crippen molar-refractivity contribution in [1.29, 1.82) is 0 Å². The highest BCUT2D eigenvalue weighted by atomic mass is 35.5. The van der Waals surface area contributed by atoms with Crippen LogP contribution >= 0.6 is 11.6 Å². The summed E-state index contributed by atoms with van der Waals surface area (Å²) >= 11 is 5.77. The molecule has 2 N–H and O–H groups in total. The van der Waals surface area contributed by atoms with Crippen molar-refractivity contribution < 1.29 is 4.79 Å². The van der Waals surface area contributed by atoms with Crippen LogP contribution in [0.15, 0.2) is 58.1 Å². The number of benzene rings is 2. The summed E-state index contributed by atoms with van der Waals surface area (Å²) in [6.45, 7) is -0.373. The van der Waals surface area contributed by atoms with Crippen LogP contribution in [0.5, 0.6) is 0 Å². The summed E-state index contributed by atoms with van der Waals surface area (Å²) in [7, 11) is 0. The van der Waals surface area contributed by atoms with Gasteiger partial charge in [0.2, 0.25) is 5.91 Å². The number of rotatable bonds is 3. The Morgan fingerprint density at radius 1 is 1.09 bits per heavy atom. The Hall–Kier alpha value is -2.86. The highest BCUT2D eigenvalue weighted by Crippen LogP contribution is 2.13. The average molecular weight is 330 g/mol. The van der Waals surface area contributed by atoms with Crippen LogP contribution < -0.4 is 16.6 Å². The van der Waals surface area contributed by atoms with E-state index in [9.17, 15) is 14.4 Å². The number of halogens is 1. The van der Waals surface area contributed by atoms with Gasteiger partial charge >= 0.3 is 5.69 Å². The number of para-hydroxylation sites is 1. The Labute approximate surface area is 135 Å². The number of aromatic nitrogens is 2. The third-order valence-electron chi connectivity index (χ3n) is 3.32. The number of nitrogens with one attached hydrogen (secondary N) is 2. The first-order chi connectivity index (χ1) is 11.0. The topological polar surface area (TPSA) is 84.0 Å². The molecule has 116 valence electrons. The molecule has 1 aromatic heterocycles. The number of aromatic amines is 1. The molecule has 3 aromatic rings. The van der Waals surface area contributed by atoms with E-state index < -0.39 is 17.2 Å². The standard InChI is InChI=1S/C16H12ClN3O3/c17-10-5-7-11(8-6-10)18-14(21)9-20-15(22)12-3-1-2-4-13(12)19-16(20)23/h1-8H,9H2,(H,18,21)(H,19,23). The van der Waals surface area contributed by atoms with Gasteiger partial charge in [-0.2, -0.15) is 0 Å². The summed E-state index contributed by atoms with van der Waals surface area (Å²) in [5, 5.41) is 3.51. The minimum absolute atomic E-state index is 0.353. The van der Waals surface area contributed by atoms with E-state index in [0.717, 1.165) is 4.57 Å². The van der Waals surface area contributed by atoms with E-state index in [1.165, 1.54) is 0 Å². The van der Waals surface area contributed by atoms with E-state index in [0.29, 0.717) is 21.6 Å². The Bertz CT molecular complexity index is 990. The van der Waals surface area contributed by atoms with E-state index in [4.69, 9.17) is 11.6 Å². The number of anilines is 1. The molecule has 0 unspecified atom stereocenters. The Balaban J connectivity index is 1.89. The maximum absolute atomic E-state index is 12.3. The maximum atomic E-state index is 12.3. The van der Waals surface area contributed by atoms with Gasteiger partial charge in [0, 0.05) is 10.7 Å². The lowest BCUT2D eigenvalue weighted by atomic mass is 10.2. The lowest BCUT2D eigenvalue weighted by Gasteiger charge is -2.08. The first-order valence-corrected chi connectivity index (χ1v) is 7.20. The molecule has 23 heavy (non-hydrogen) atoms. The zero-order valence-corrected chi connectivity index (χ0v) is 12.6. The molecule has 1 amide bonds. The molecule has 2 aromatic carbocycles. The number of amides is 1. The molecule has 0 atom stereocenters. The summed E-state index contributed by atoms with van der Waals surface area (Å²) in [6.07, 6.45) is 0. The third kappa shape index (κ3) is 3.17. The van der Waals surface area contributed by atoms with Gasteiger partial charge in [-0.1, -0.05) is 23.7 Å². The average Bonchev–Trinajstić information content (AvgIpc) is 2.54. The van der Waals surface area contributed by atoms with E-state index >= 15 is 0 Å². The Morgan fingerprint density at radius 2 is 1.78 bits per heavy atom. The smallest absolute Gasteiger partial charge is 0.325 e. The van der Waals surface area contributed by atoms with E-state index in [1.54, 1.807) is 48.5 Å². The molecule has 7 heteroatoms. The third-order valence-corrected chi connectivity index (χ3v) is 3.57. The Kier molecular flexibility index (Phi) is 3.99. The van der Waals surface area contributed by atoms with Gasteiger partial charge in [-0.25, -0.2) is 4.79 Å². The first kappa shape index (κ1) is 15.1. The molecule has 0 aliphatic rings. The van der Waals surface area contributed by atoms with Gasteiger partial charge in [0.15, 0.2) is 0 Å². The number of carbonyl (C=O) groups excluding carboxylic acids is 1.